The summed E-state index contributed by atoms with van der Waals surface area (Å²) in [4.78, 5) is 18.0. The summed E-state index contributed by atoms with van der Waals surface area (Å²) >= 11 is 0. The molecule has 1 N–H and O–H groups in total. The maximum atomic E-state index is 13.4. The van der Waals surface area contributed by atoms with Crippen molar-refractivity contribution in [2.45, 2.75) is 32.6 Å². The van der Waals surface area contributed by atoms with Crippen molar-refractivity contribution in [1.29, 1.82) is 0 Å². The molecule has 0 unspecified atom stereocenters. The first-order chi connectivity index (χ1) is 14.5. The molecule has 0 saturated carbocycles. The Morgan fingerprint density at radius 3 is 2.83 bits per heavy atom. The van der Waals surface area contributed by atoms with Crippen molar-refractivity contribution >= 4 is 22.4 Å². The molecule has 3 aromatic rings. The Morgan fingerprint density at radius 2 is 1.93 bits per heavy atom. The Balaban J connectivity index is 1.64. The van der Waals surface area contributed by atoms with Gasteiger partial charge in [0, 0.05) is 40.9 Å². The van der Waals surface area contributed by atoms with E-state index in [9.17, 15) is 4.79 Å². The third kappa shape index (κ3) is 2.54. The van der Waals surface area contributed by atoms with Gasteiger partial charge in [-0.15, -0.1) is 0 Å². The van der Waals surface area contributed by atoms with E-state index >= 15 is 0 Å². The highest BCUT2D eigenvalue weighted by Crippen LogP contribution is 2.51. The maximum absolute atomic E-state index is 13.4. The van der Waals surface area contributed by atoms with Crippen molar-refractivity contribution in [2.75, 3.05) is 12.1 Å². The van der Waals surface area contributed by atoms with Crippen molar-refractivity contribution in [3.8, 4) is 11.5 Å². The summed E-state index contributed by atoms with van der Waals surface area (Å²) in [6.45, 7) is 4.55. The number of fused-ring (bicyclic) bond motifs is 4. The van der Waals surface area contributed by atoms with Crippen LogP contribution in [0.1, 0.15) is 43.7 Å². The molecule has 150 valence electrons. The summed E-state index contributed by atoms with van der Waals surface area (Å²) in [5.74, 6) is 1.53. The standard InChI is InChI=1S/C25H22N2O3/c1-25(2)11-18-24(19(28)12-25)22(14-5-8-20-21(10-14)30-13-29-20)23-15-4-3-9-26-16(15)6-7-17(23)27-18/h3-10,22,27H,11-13H2,1-2H3/t22-/m0/s1. The normalized spacial score (nSPS) is 21.3. The van der Waals surface area contributed by atoms with Gasteiger partial charge in [0.2, 0.25) is 6.79 Å². The van der Waals surface area contributed by atoms with Crippen LogP contribution in [0.15, 0.2) is 59.9 Å². The summed E-state index contributed by atoms with van der Waals surface area (Å²) in [5, 5.41) is 4.67. The van der Waals surface area contributed by atoms with E-state index in [1.165, 1.54) is 0 Å². The second-order valence-corrected chi connectivity index (χ2v) is 9.10. The van der Waals surface area contributed by atoms with Crippen molar-refractivity contribution < 1.29 is 14.3 Å². The molecule has 1 aliphatic carbocycles. The second-order valence-electron chi connectivity index (χ2n) is 9.10. The Kier molecular flexibility index (Phi) is 3.55. The first-order valence-electron chi connectivity index (χ1n) is 10.3. The third-order valence-electron chi connectivity index (χ3n) is 6.34. The first-order valence-corrected chi connectivity index (χ1v) is 10.3. The van der Waals surface area contributed by atoms with E-state index in [0.717, 1.165) is 56.9 Å². The van der Waals surface area contributed by atoms with E-state index in [1.54, 1.807) is 6.20 Å². The quantitative estimate of drug-likeness (QED) is 0.613. The summed E-state index contributed by atoms with van der Waals surface area (Å²) in [5.41, 5.74) is 5.97. The molecule has 3 heterocycles. The fourth-order valence-electron chi connectivity index (χ4n) is 5.11. The van der Waals surface area contributed by atoms with Gasteiger partial charge in [0.15, 0.2) is 17.3 Å². The number of benzene rings is 2. The molecule has 1 aromatic heterocycles. The van der Waals surface area contributed by atoms with Crippen LogP contribution in [0.4, 0.5) is 5.69 Å². The lowest BCUT2D eigenvalue weighted by molar-refractivity contribution is -0.118. The zero-order valence-corrected chi connectivity index (χ0v) is 17.0. The molecule has 30 heavy (non-hydrogen) atoms. The van der Waals surface area contributed by atoms with Gasteiger partial charge in [-0.3, -0.25) is 9.78 Å². The van der Waals surface area contributed by atoms with Crippen LogP contribution in [0.25, 0.3) is 10.9 Å². The largest absolute Gasteiger partial charge is 0.454 e. The molecular weight excluding hydrogens is 376 g/mol. The molecular formula is C25H22N2O3. The smallest absolute Gasteiger partial charge is 0.231 e. The monoisotopic (exact) mass is 398 g/mol. The minimum Gasteiger partial charge on any atom is -0.454 e. The fourth-order valence-corrected chi connectivity index (χ4v) is 5.11. The number of aromatic nitrogens is 1. The number of ketones is 1. The SMILES string of the molecule is CC1(C)CC(=O)C2=C(C1)Nc1ccc3ncccc3c1[C@@H]2c1ccc2c(c1)OCO2. The van der Waals surface area contributed by atoms with Crippen LogP contribution in [-0.2, 0) is 4.79 Å². The number of anilines is 1. The maximum Gasteiger partial charge on any atom is 0.231 e. The predicted molar refractivity (Wildman–Crippen MR) is 115 cm³/mol. The van der Waals surface area contributed by atoms with E-state index in [2.05, 4.69) is 42.3 Å². The number of ether oxygens (including phenoxy) is 2. The molecule has 0 fully saturated rings. The number of carbonyl (C=O) groups excluding carboxylic acids is 1. The van der Waals surface area contributed by atoms with Gasteiger partial charge in [0.25, 0.3) is 0 Å². The second kappa shape index (κ2) is 6.08. The van der Waals surface area contributed by atoms with Gasteiger partial charge < -0.3 is 14.8 Å². The Bertz CT molecular complexity index is 1260. The topological polar surface area (TPSA) is 60.5 Å². The van der Waals surface area contributed by atoms with Gasteiger partial charge in [0.1, 0.15) is 0 Å². The Hall–Kier alpha value is -3.34. The number of nitrogens with zero attached hydrogens (tertiary/aromatic N) is 1. The molecule has 2 aliphatic heterocycles. The molecule has 0 spiro atoms. The van der Waals surface area contributed by atoms with E-state index in [4.69, 9.17) is 9.47 Å². The lowest BCUT2D eigenvalue weighted by atomic mass is 9.68. The molecule has 5 heteroatoms. The molecule has 0 saturated heterocycles. The van der Waals surface area contributed by atoms with Crippen molar-refractivity contribution in [2.24, 2.45) is 5.41 Å². The molecule has 1 atom stereocenters. The number of Topliss-reactive ketones (excluding diaryl/α,β-unsaturated/α-hetero) is 1. The highest BCUT2D eigenvalue weighted by atomic mass is 16.7. The van der Waals surface area contributed by atoms with E-state index in [1.807, 2.05) is 24.3 Å². The number of pyridine rings is 1. The third-order valence-corrected chi connectivity index (χ3v) is 6.34. The number of carbonyl (C=O) groups is 1. The predicted octanol–water partition coefficient (Wildman–Crippen LogP) is 5.16. The summed E-state index contributed by atoms with van der Waals surface area (Å²) in [6.07, 6.45) is 3.20. The number of allylic oxidation sites excluding steroid dienone is 2. The van der Waals surface area contributed by atoms with Crippen LogP contribution in [-0.4, -0.2) is 17.6 Å². The molecule has 0 amide bonds. The zero-order chi connectivity index (χ0) is 20.5. The zero-order valence-electron chi connectivity index (χ0n) is 17.0. The average Bonchev–Trinajstić information content (AvgIpc) is 3.19. The molecule has 2 aromatic carbocycles. The van der Waals surface area contributed by atoms with Crippen LogP contribution >= 0.6 is 0 Å². The number of nitrogens with one attached hydrogen (secondary N) is 1. The van der Waals surface area contributed by atoms with Gasteiger partial charge in [-0.25, -0.2) is 0 Å². The van der Waals surface area contributed by atoms with E-state index in [-0.39, 0.29) is 23.9 Å². The van der Waals surface area contributed by atoms with E-state index < -0.39 is 0 Å². The Morgan fingerprint density at radius 1 is 1.07 bits per heavy atom. The molecule has 0 radical (unpaired) electrons. The van der Waals surface area contributed by atoms with Crippen LogP contribution in [0.5, 0.6) is 11.5 Å². The van der Waals surface area contributed by atoms with Gasteiger partial charge in [0.05, 0.1) is 5.52 Å². The van der Waals surface area contributed by atoms with Gasteiger partial charge in [-0.05, 0) is 53.3 Å². The minimum atomic E-state index is -0.165. The minimum absolute atomic E-state index is 0.0573. The van der Waals surface area contributed by atoms with Crippen LogP contribution < -0.4 is 14.8 Å². The van der Waals surface area contributed by atoms with Crippen LogP contribution in [0.2, 0.25) is 0 Å². The average molecular weight is 398 g/mol. The van der Waals surface area contributed by atoms with Crippen molar-refractivity contribution in [3.05, 3.63) is 71.1 Å². The number of hydrogen-bond donors (Lipinski definition) is 1. The van der Waals surface area contributed by atoms with E-state index in [0.29, 0.717) is 6.42 Å². The van der Waals surface area contributed by atoms with Crippen LogP contribution in [0, 0.1) is 5.41 Å². The van der Waals surface area contributed by atoms with Crippen LogP contribution in [0.3, 0.4) is 0 Å². The highest BCUT2D eigenvalue weighted by Gasteiger charge is 2.41. The van der Waals surface area contributed by atoms with Gasteiger partial charge in [-0.1, -0.05) is 26.0 Å². The van der Waals surface area contributed by atoms with Gasteiger partial charge in [-0.2, -0.15) is 0 Å². The lowest BCUT2D eigenvalue weighted by Crippen LogP contribution is -2.33. The molecule has 0 bridgehead atoms. The Labute approximate surface area is 174 Å². The van der Waals surface area contributed by atoms with Crippen molar-refractivity contribution in [1.82, 2.24) is 4.98 Å². The first kappa shape index (κ1) is 17.5. The lowest BCUT2D eigenvalue weighted by Gasteiger charge is -2.40. The summed E-state index contributed by atoms with van der Waals surface area (Å²) < 4.78 is 11.2. The molecule has 6 rings (SSSR count). The number of hydrogen-bond acceptors (Lipinski definition) is 5. The summed E-state index contributed by atoms with van der Waals surface area (Å²) in [6, 6.07) is 14.2. The molecule has 3 aliphatic rings. The fraction of sp³-hybridized carbons (Fsp3) is 0.280. The highest BCUT2D eigenvalue weighted by molar-refractivity contribution is 6.04. The summed E-state index contributed by atoms with van der Waals surface area (Å²) in [7, 11) is 0. The molecule has 5 nitrogen and oxygen atoms in total. The number of rotatable bonds is 1. The van der Waals surface area contributed by atoms with Gasteiger partial charge >= 0.3 is 0 Å². The van der Waals surface area contributed by atoms with Crippen molar-refractivity contribution in [3.63, 3.8) is 0 Å².